The Labute approximate surface area is 176 Å². The molecule has 1 fully saturated rings. The van der Waals surface area contributed by atoms with Gasteiger partial charge < -0.3 is 10.2 Å². The normalized spacial score (nSPS) is 17.3. The zero-order chi connectivity index (χ0) is 21.3. The molecule has 4 rings (SSSR count). The summed E-state index contributed by atoms with van der Waals surface area (Å²) < 4.78 is 3.31. The molecule has 1 unspecified atom stereocenters. The van der Waals surface area contributed by atoms with Crippen LogP contribution in [0.4, 0.5) is 11.6 Å². The van der Waals surface area contributed by atoms with Crippen molar-refractivity contribution in [2.75, 3.05) is 23.3 Å². The first kappa shape index (κ1) is 20.3. The van der Waals surface area contributed by atoms with Gasteiger partial charge in [-0.1, -0.05) is 13.8 Å². The van der Waals surface area contributed by atoms with E-state index in [0.717, 1.165) is 43.3 Å². The molecule has 0 radical (unpaired) electrons. The van der Waals surface area contributed by atoms with Crippen molar-refractivity contribution in [1.82, 2.24) is 29.4 Å². The lowest BCUT2D eigenvalue weighted by Crippen LogP contribution is -2.45. The zero-order valence-corrected chi connectivity index (χ0v) is 18.1. The molecule has 9 nitrogen and oxygen atoms in total. The molecule has 1 aliphatic heterocycles. The van der Waals surface area contributed by atoms with Crippen molar-refractivity contribution < 1.29 is 0 Å². The highest BCUT2D eigenvalue weighted by Gasteiger charge is 2.25. The van der Waals surface area contributed by atoms with Gasteiger partial charge in [0.25, 0.3) is 11.3 Å². The van der Waals surface area contributed by atoms with Crippen LogP contribution in [0.15, 0.2) is 29.3 Å². The van der Waals surface area contributed by atoms with E-state index in [1.807, 2.05) is 19.9 Å². The molecule has 0 aliphatic carbocycles. The molecule has 4 heterocycles. The first-order valence-electron chi connectivity index (χ1n) is 10.7. The summed E-state index contributed by atoms with van der Waals surface area (Å²) in [5.74, 6) is 2.67. The van der Waals surface area contributed by atoms with Crippen molar-refractivity contribution in [3.05, 3.63) is 40.6 Å². The summed E-state index contributed by atoms with van der Waals surface area (Å²) in [6, 6.07) is 5.83. The lowest BCUT2D eigenvalue weighted by molar-refractivity contribution is 0.451. The van der Waals surface area contributed by atoms with Gasteiger partial charge in [-0.3, -0.25) is 4.79 Å². The smallest absolute Gasteiger partial charge is 0.267 e. The van der Waals surface area contributed by atoms with E-state index in [0.29, 0.717) is 11.7 Å². The maximum atomic E-state index is 12.1. The van der Waals surface area contributed by atoms with Crippen molar-refractivity contribution >= 4 is 17.4 Å². The lowest BCUT2D eigenvalue weighted by Gasteiger charge is -2.37. The van der Waals surface area contributed by atoms with E-state index in [-0.39, 0.29) is 17.6 Å². The monoisotopic (exact) mass is 410 g/mol. The third-order valence-electron chi connectivity index (χ3n) is 5.60. The molecule has 1 saturated heterocycles. The van der Waals surface area contributed by atoms with Crippen molar-refractivity contribution in [3.63, 3.8) is 0 Å². The molecule has 30 heavy (non-hydrogen) atoms. The molecule has 0 bridgehead atoms. The predicted molar refractivity (Wildman–Crippen MR) is 117 cm³/mol. The number of piperidine rings is 1. The van der Waals surface area contributed by atoms with Gasteiger partial charge in [0.05, 0.1) is 11.7 Å². The number of hydrogen-bond donors (Lipinski definition) is 1. The summed E-state index contributed by atoms with van der Waals surface area (Å²) in [4.78, 5) is 23.3. The zero-order valence-electron chi connectivity index (χ0n) is 18.1. The average molecular weight is 411 g/mol. The number of fused-ring (bicyclic) bond motifs is 1. The third-order valence-corrected chi connectivity index (χ3v) is 5.60. The summed E-state index contributed by atoms with van der Waals surface area (Å²) in [6.07, 6.45) is 4.90. The Bertz CT molecular complexity index is 1070. The van der Waals surface area contributed by atoms with Crippen LogP contribution in [-0.4, -0.2) is 48.5 Å². The second kappa shape index (κ2) is 8.41. The van der Waals surface area contributed by atoms with Gasteiger partial charge in [-0.05, 0) is 45.1 Å². The van der Waals surface area contributed by atoms with E-state index < -0.39 is 0 Å². The van der Waals surface area contributed by atoms with E-state index in [1.165, 1.54) is 12.7 Å². The summed E-state index contributed by atoms with van der Waals surface area (Å²) in [5, 5.41) is 12.5. The van der Waals surface area contributed by atoms with E-state index in [4.69, 9.17) is 0 Å². The Balaban J connectivity index is 1.58. The van der Waals surface area contributed by atoms with Crippen molar-refractivity contribution in [2.45, 2.75) is 65.0 Å². The van der Waals surface area contributed by atoms with Crippen molar-refractivity contribution in [2.24, 2.45) is 0 Å². The highest BCUT2D eigenvalue weighted by atomic mass is 16.1. The van der Waals surface area contributed by atoms with Crippen molar-refractivity contribution in [3.8, 4) is 0 Å². The molecule has 3 aromatic rings. The number of aromatic nitrogens is 6. The Hall–Kier alpha value is -2.97. The summed E-state index contributed by atoms with van der Waals surface area (Å²) in [7, 11) is 0. The standard InChI is InChI=1S/C21H30N8O/c1-14(2)17-11-19(29-21(25-17)23-13-24-29)22-12-16-7-5-6-10-27(16)18-8-9-20(30)28(26-18)15(3)4/h8-9,11,13-16,22H,5-7,10,12H2,1-4H3. The van der Waals surface area contributed by atoms with Crippen LogP contribution < -0.4 is 15.8 Å². The first-order chi connectivity index (χ1) is 14.4. The Morgan fingerprint density at radius 3 is 2.80 bits per heavy atom. The van der Waals surface area contributed by atoms with Gasteiger partial charge in [0.15, 0.2) is 0 Å². The minimum atomic E-state index is -0.0630. The summed E-state index contributed by atoms with van der Waals surface area (Å²) >= 11 is 0. The van der Waals surface area contributed by atoms with Gasteiger partial charge >= 0.3 is 0 Å². The molecule has 1 N–H and O–H groups in total. The van der Waals surface area contributed by atoms with Crippen LogP contribution in [0.1, 0.15) is 64.6 Å². The second-order valence-corrected chi connectivity index (χ2v) is 8.48. The highest BCUT2D eigenvalue weighted by molar-refractivity contribution is 5.47. The largest absolute Gasteiger partial charge is 0.368 e. The summed E-state index contributed by atoms with van der Waals surface area (Å²) in [6.45, 7) is 9.88. The molecule has 0 spiro atoms. The maximum absolute atomic E-state index is 12.1. The predicted octanol–water partition coefficient (Wildman–Crippen LogP) is 2.86. The number of nitrogens with one attached hydrogen (secondary N) is 1. The van der Waals surface area contributed by atoms with E-state index in [9.17, 15) is 4.79 Å². The van der Waals surface area contributed by atoms with Gasteiger partial charge in [0, 0.05) is 31.3 Å². The van der Waals surface area contributed by atoms with E-state index in [1.54, 1.807) is 15.3 Å². The van der Waals surface area contributed by atoms with Gasteiger partial charge in [-0.25, -0.2) is 9.67 Å². The van der Waals surface area contributed by atoms with E-state index in [2.05, 4.69) is 50.3 Å². The number of hydrogen-bond acceptors (Lipinski definition) is 7. The minimum absolute atomic E-state index is 0.0330. The molecular formula is C21H30N8O. The quantitative estimate of drug-likeness (QED) is 0.668. The van der Waals surface area contributed by atoms with Gasteiger partial charge in [-0.15, -0.1) is 0 Å². The molecule has 0 saturated carbocycles. The minimum Gasteiger partial charge on any atom is -0.368 e. The second-order valence-electron chi connectivity index (χ2n) is 8.48. The number of anilines is 2. The fraction of sp³-hybridized carbons (Fsp3) is 0.571. The van der Waals surface area contributed by atoms with Crippen LogP contribution in [-0.2, 0) is 0 Å². The molecule has 9 heteroatoms. The SMILES string of the molecule is CC(C)c1cc(NCC2CCCCN2c2ccc(=O)n(C(C)C)n2)n2ncnc2n1. The fourth-order valence-corrected chi connectivity index (χ4v) is 3.93. The maximum Gasteiger partial charge on any atom is 0.267 e. The molecule has 1 aliphatic rings. The molecule has 1 atom stereocenters. The van der Waals surface area contributed by atoms with Gasteiger partial charge in [0.2, 0.25) is 0 Å². The highest BCUT2D eigenvalue weighted by Crippen LogP contribution is 2.24. The van der Waals surface area contributed by atoms with E-state index >= 15 is 0 Å². The van der Waals surface area contributed by atoms with Gasteiger partial charge in [0.1, 0.15) is 18.0 Å². The van der Waals surface area contributed by atoms with Crippen LogP contribution in [0, 0.1) is 0 Å². The number of nitrogens with zero attached hydrogens (tertiary/aromatic N) is 7. The van der Waals surface area contributed by atoms with Crippen LogP contribution in [0.2, 0.25) is 0 Å². The van der Waals surface area contributed by atoms with Gasteiger partial charge in [-0.2, -0.15) is 19.7 Å². The average Bonchev–Trinajstić information content (AvgIpc) is 3.21. The van der Waals surface area contributed by atoms with Crippen LogP contribution in [0.5, 0.6) is 0 Å². The molecule has 0 aromatic carbocycles. The fourth-order valence-electron chi connectivity index (χ4n) is 3.93. The Morgan fingerprint density at radius 2 is 2.03 bits per heavy atom. The Kier molecular flexibility index (Phi) is 5.69. The molecule has 160 valence electrons. The number of rotatable bonds is 6. The van der Waals surface area contributed by atoms with Crippen LogP contribution >= 0.6 is 0 Å². The summed E-state index contributed by atoms with van der Waals surface area (Å²) in [5.41, 5.74) is 0.927. The molecule has 0 amide bonds. The van der Waals surface area contributed by atoms with Crippen LogP contribution in [0.3, 0.4) is 0 Å². The molecule has 3 aromatic heterocycles. The Morgan fingerprint density at radius 1 is 1.20 bits per heavy atom. The molecular weight excluding hydrogens is 380 g/mol. The lowest BCUT2D eigenvalue weighted by atomic mass is 10.0. The third kappa shape index (κ3) is 4.01. The first-order valence-corrected chi connectivity index (χ1v) is 10.7. The van der Waals surface area contributed by atoms with Crippen molar-refractivity contribution in [1.29, 1.82) is 0 Å². The van der Waals surface area contributed by atoms with Crippen LogP contribution in [0.25, 0.3) is 5.78 Å². The topological polar surface area (TPSA) is 93.2 Å².